The van der Waals surface area contributed by atoms with Gasteiger partial charge in [0.1, 0.15) is 0 Å². The van der Waals surface area contributed by atoms with Crippen LogP contribution in [-0.2, 0) is 25.4 Å². The Kier molecular flexibility index (Phi) is 5.82. The number of nitrogens with zero attached hydrogens (tertiary/aromatic N) is 5. The quantitative estimate of drug-likeness (QED) is 0.740. The average Bonchev–Trinajstić information content (AvgIpc) is 2.89. The summed E-state index contributed by atoms with van der Waals surface area (Å²) in [6.45, 7) is 0.522. The van der Waals surface area contributed by atoms with E-state index in [1.165, 1.54) is 37.3 Å². The Morgan fingerprint density at radius 1 is 1.15 bits per heavy atom. The third kappa shape index (κ3) is 3.84. The number of hydrogen-bond acceptors (Lipinski definition) is 4. The first-order valence-electron chi connectivity index (χ1n) is 9.78. The lowest BCUT2D eigenvalue weighted by molar-refractivity contribution is -0.132. The minimum atomic E-state index is -0.391. The third-order valence-electron chi connectivity index (χ3n) is 5.77. The summed E-state index contributed by atoms with van der Waals surface area (Å²) in [4.78, 5) is 43.1. The highest BCUT2D eigenvalue weighted by Crippen LogP contribution is 2.21. The number of aromatic nitrogens is 4. The molecule has 0 atom stereocenters. The molecule has 0 N–H and O–H groups in total. The van der Waals surface area contributed by atoms with Crippen LogP contribution in [0.2, 0.25) is 0 Å². The Balaban J connectivity index is 1.66. The highest BCUT2D eigenvalue weighted by molar-refractivity contribution is 5.76. The van der Waals surface area contributed by atoms with Crippen molar-refractivity contribution in [1.82, 2.24) is 23.6 Å². The van der Waals surface area contributed by atoms with Gasteiger partial charge in [0.05, 0.1) is 6.33 Å². The minimum Gasteiger partial charge on any atom is -0.343 e. The predicted molar refractivity (Wildman–Crippen MR) is 104 cm³/mol. The highest BCUT2D eigenvalue weighted by Gasteiger charge is 2.21. The van der Waals surface area contributed by atoms with E-state index in [1.807, 2.05) is 11.9 Å². The maximum atomic E-state index is 12.6. The zero-order valence-corrected chi connectivity index (χ0v) is 16.5. The second-order valence-electron chi connectivity index (χ2n) is 7.57. The van der Waals surface area contributed by atoms with Gasteiger partial charge in [-0.2, -0.15) is 0 Å². The van der Waals surface area contributed by atoms with Gasteiger partial charge in [-0.3, -0.25) is 18.7 Å². The molecule has 0 spiro atoms. The Bertz CT molecular complexity index is 931. The van der Waals surface area contributed by atoms with Crippen molar-refractivity contribution >= 4 is 17.1 Å². The van der Waals surface area contributed by atoms with Crippen molar-refractivity contribution in [2.75, 3.05) is 7.05 Å². The fraction of sp³-hybridized carbons (Fsp3) is 0.684. The molecule has 2 heterocycles. The lowest BCUT2D eigenvalue weighted by atomic mass is 10.1. The van der Waals surface area contributed by atoms with Gasteiger partial charge in [-0.15, -0.1) is 0 Å². The molecule has 1 aliphatic rings. The first-order chi connectivity index (χ1) is 12.9. The van der Waals surface area contributed by atoms with E-state index in [9.17, 15) is 14.4 Å². The molecule has 0 bridgehead atoms. The molecular weight excluding hydrogens is 346 g/mol. The molecule has 148 valence electrons. The number of imidazole rings is 1. The number of fused-ring (bicyclic) bond motifs is 1. The zero-order valence-electron chi connectivity index (χ0n) is 16.5. The first-order valence-corrected chi connectivity index (χ1v) is 9.78. The van der Waals surface area contributed by atoms with Crippen molar-refractivity contribution in [2.45, 2.75) is 64.0 Å². The molecule has 0 aliphatic heterocycles. The lowest BCUT2D eigenvalue weighted by Gasteiger charge is -2.27. The van der Waals surface area contributed by atoms with E-state index in [0.29, 0.717) is 36.6 Å². The molecule has 0 saturated heterocycles. The summed E-state index contributed by atoms with van der Waals surface area (Å²) >= 11 is 0. The van der Waals surface area contributed by atoms with Crippen LogP contribution in [0.25, 0.3) is 11.2 Å². The molecular formula is C19H29N5O3. The molecule has 8 nitrogen and oxygen atoms in total. The SMILES string of the molecule is CN(C(=O)CCCn1cnc2c1c(=O)n(C)c(=O)n2C)C1CCCCCC1. The van der Waals surface area contributed by atoms with Gasteiger partial charge in [0.2, 0.25) is 5.91 Å². The summed E-state index contributed by atoms with van der Waals surface area (Å²) in [5.74, 6) is 0.159. The van der Waals surface area contributed by atoms with Crippen LogP contribution in [0.15, 0.2) is 15.9 Å². The van der Waals surface area contributed by atoms with E-state index >= 15 is 0 Å². The minimum absolute atomic E-state index is 0.159. The topological polar surface area (TPSA) is 82.1 Å². The fourth-order valence-electron chi connectivity index (χ4n) is 3.99. The van der Waals surface area contributed by atoms with Crippen molar-refractivity contribution < 1.29 is 4.79 Å². The van der Waals surface area contributed by atoms with Crippen molar-refractivity contribution in [2.24, 2.45) is 14.1 Å². The molecule has 2 aromatic rings. The standard InChI is InChI=1S/C19H29N5O3/c1-21(14-9-6-4-5-7-10-14)15(25)11-8-12-24-13-20-17-16(24)18(26)23(3)19(27)22(17)2/h13-14H,4-12H2,1-3H3. The zero-order chi connectivity index (χ0) is 19.6. The maximum absolute atomic E-state index is 12.6. The van der Waals surface area contributed by atoms with Gasteiger partial charge in [-0.05, 0) is 19.3 Å². The largest absolute Gasteiger partial charge is 0.343 e. The molecule has 0 radical (unpaired) electrons. The number of amides is 1. The van der Waals surface area contributed by atoms with Gasteiger partial charge in [0, 0.05) is 40.2 Å². The Labute approximate surface area is 158 Å². The summed E-state index contributed by atoms with van der Waals surface area (Å²) in [5.41, 5.74) is 0.0413. The Morgan fingerprint density at radius 2 is 1.81 bits per heavy atom. The van der Waals surface area contributed by atoms with Crippen molar-refractivity contribution in [3.63, 3.8) is 0 Å². The van der Waals surface area contributed by atoms with E-state index < -0.39 is 5.69 Å². The van der Waals surface area contributed by atoms with Crippen LogP contribution in [0.3, 0.4) is 0 Å². The second-order valence-corrected chi connectivity index (χ2v) is 7.57. The predicted octanol–water partition coefficient (Wildman–Crippen LogP) is 1.40. The number of rotatable bonds is 5. The van der Waals surface area contributed by atoms with Crippen LogP contribution >= 0.6 is 0 Å². The van der Waals surface area contributed by atoms with Crippen LogP contribution in [0.5, 0.6) is 0 Å². The molecule has 0 unspecified atom stereocenters. The van der Waals surface area contributed by atoms with Crippen molar-refractivity contribution in [1.29, 1.82) is 0 Å². The highest BCUT2D eigenvalue weighted by atomic mass is 16.2. The first kappa shape index (κ1) is 19.4. The fourth-order valence-corrected chi connectivity index (χ4v) is 3.99. The monoisotopic (exact) mass is 375 g/mol. The molecule has 1 fully saturated rings. The Morgan fingerprint density at radius 3 is 2.48 bits per heavy atom. The number of carbonyl (C=O) groups excluding carboxylic acids is 1. The number of hydrogen-bond donors (Lipinski definition) is 0. The molecule has 0 aromatic carbocycles. The van der Waals surface area contributed by atoms with E-state index in [4.69, 9.17) is 0 Å². The summed E-state index contributed by atoms with van der Waals surface area (Å²) in [5, 5.41) is 0. The van der Waals surface area contributed by atoms with Crippen LogP contribution in [-0.4, -0.2) is 42.6 Å². The summed E-state index contributed by atoms with van der Waals surface area (Å²) in [7, 11) is 4.98. The van der Waals surface area contributed by atoms with Crippen LogP contribution in [0.4, 0.5) is 0 Å². The molecule has 1 saturated carbocycles. The molecule has 27 heavy (non-hydrogen) atoms. The van der Waals surface area contributed by atoms with Gasteiger partial charge < -0.3 is 9.47 Å². The van der Waals surface area contributed by atoms with E-state index in [1.54, 1.807) is 17.9 Å². The van der Waals surface area contributed by atoms with Crippen molar-refractivity contribution in [3.8, 4) is 0 Å². The number of aryl methyl sites for hydroxylation is 2. The number of carbonyl (C=O) groups is 1. The average molecular weight is 375 g/mol. The molecule has 8 heteroatoms. The summed E-state index contributed by atoms with van der Waals surface area (Å²) in [6, 6.07) is 0.357. The van der Waals surface area contributed by atoms with Gasteiger partial charge in [-0.25, -0.2) is 9.78 Å². The smallest absolute Gasteiger partial charge is 0.332 e. The summed E-state index contributed by atoms with van der Waals surface area (Å²) < 4.78 is 4.21. The van der Waals surface area contributed by atoms with E-state index in [0.717, 1.165) is 17.4 Å². The van der Waals surface area contributed by atoms with Crippen LogP contribution in [0.1, 0.15) is 51.4 Å². The van der Waals surface area contributed by atoms with Gasteiger partial charge >= 0.3 is 5.69 Å². The van der Waals surface area contributed by atoms with Crippen LogP contribution in [0, 0.1) is 0 Å². The Hall–Kier alpha value is -2.38. The third-order valence-corrected chi connectivity index (χ3v) is 5.77. The van der Waals surface area contributed by atoms with Crippen LogP contribution < -0.4 is 11.2 Å². The lowest BCUT2D eigenvalue weighted by Crippen LogP contribution is -2.37. The summed E-state index contributed by atoms with van der Waals surface area (Å²) in [6.07, 6.45) is 9.78. The normalized spacial score (nSPS) is 15.8. The van der Waals surface area contributed by atoms with E-state index in [2.05, 4.69) is 4.98 Å². The molecule has 1 aliphatic carbocycles. The molecule has 1 amide bonds. The maximum Gasteiger partial charge on any atom is 0.332 e. The van der Waals surface area contributed by atoms with Gasteiger partial charge in [0.15, 0.2) is 11.2 Å². The van der Waals surface area contributed by atoms with E-state index in [-0.39, 0.29) is 11.5 Å². The second kappa shape index (κ2) is 8.10. The van der Waals surface area contributed by atoms with Crippen molar-refractivity contribution in [3.05, 3.63) is 27.2 Å². The van der Waals surface area contributed by atoms with Gasteiger partial charge in [-0.1, -0.05) is 25.7 Å². The van der Waals surface area contributed by atoms with Gasteiger partial charge in [0.25, 0.3) is 5.56 Å². The molecule has 2 aromatic heterocycles. The molecule has 3 rings (SSSR count).